The lowest BCUT2D eigenvalue weighted by molar-refractivity contribution is -0.547. The Morgan fingerprint density at radius 3 is 2.45 bits per heavy atom. The van der Waals surface area contributed by atoms with Crippen molar-refractivity contribution in [2.24, 2.45) is 4.99 Å². The number of aliphatic imine (C=N–C) groups is 1. The van der Waals surface area contributed by atoms with Crippen LogP contribution >= 0.6 is 23.1 Å². The van der Waals surface area contributed by atoms with Crippen LogP contribution in [0, 0.1) is 0 Å². The summed E-state index contributed by atoms with van der Waals surface area (Å²) in [6.45, 7) is 13.7. The molecule has 0 atom stereocenters. The summed E-state index contributed by atoms with van der Waals surface area (Å²) in [5, 5.41) is 4.80. The Hall–Kier alpha value is -2.73. The largest absolute Gasteiger partial charge is 0.378 e. The molecule has 0 saturated carbocycles. The zero-order valence-electron chi connectivity index (χ0n) is 22.2. The number of aromatic nitrogens is 1. The summed E-state index contributed by atoms with van der Waals surface area (Å²) in [6.07, 6.45) is 2.19. The number of thiazole rings is 1. The third-order valence-electron chi connectivity index (χ3n) is 6.65. The quantitative estimate of drug-likeness (QED) is 0.521. The third-order valence-corrected chi connectivity index (χ3v) is 8.84. The molecule has 1 N–H and O–H groups in total. The number of benzene rings is 1. The molecular weight excluding hydrogens is 520 g/mol. The van der Waals surface area contributed by atoms with Gasteiger partial charge >= 0.3 is 5.17 Å². The van der Waals surface area contributed by atoms with E-state index in [2.05, 4.69) is 63.9 Å². The van der Waals surface area contributed by atoms with Crippen LogP contribution in [0.25, 0.3) is 6.08 Å². The van der Waals surface area contributed by atoms with Crippen molar-refractivity contribution < 1.29 is 18.8 Å². The standard InChI is InChI=1S/C27H34N6O3S2/c1-4-31(5-2)21-8-6-20(7-9-21)18-22-23(29-26(37-22)32-10-14-35-15-11-32)24-25(28-19(3)34)30-27(38-24)33-12-16-36-17-13-33/h6-9,18H,4-5,10-17H2,1-3H3/p+1/b22-18-. The number of hydrogen-bond donors (Lipinski definition) is 1. The number of amides is 1. The van der Waals surface area contributed by atoms with E-state index in [-0.39, 0.29) is 5.91 Å². The van der Waals surface area contributed by atoms with E-state index >= 15 is 0 Å². The van der Waals surface area contributed by atoms with E-state index in [4.69, 9.17) is 19.5 Å². The van der Waals surface area contributed by atoms with Gasteiger partial charge in [0.15, 0.2) is 10.9 Å². The number of allylic oxidation sites excluding steroid dienone is 1. The van der Waals surface area contributed by atoms with Crippen molar-refractivity contribution in [3.8, 4) is 0 Å². The number of thioether (sulfide) groups is 1. The topological polar surface area (TPSA) is 82.3 Å². The van der Waals surface area contributed by atoms with E-state index in [0.29, 0.717) is 32.2 Å². The highest BCUT2D eigenvalue weighted by molar-refractivity contribution is 8.18. The van der Waals surface area contributed by atoms with E-state index in [1.165, 1.54) is 12.6 Å². The third kappa shape index (κ3) is 6.12. The summed E-state index contributed by atoms with van der Waals surface area (Å²) in [5.74, 6) is 0.417. The first-order chi connectivity index (χ1) is 18.6. The number of carbonyl (C=O) groups is 1. The maximum absolute atomic E-state index is 12.1. The van der Waals surface area contributed by atoms with Gasteiger partial charge in [-0.3, -0.25) is 4.79 Å². The highest BCUT2D eigenvalue weighted by Gasteiger charge is 2.36. The number of amidine groups is 1. The predicted molar refractivity (Wildman–Crippen MR) is 157 cm³/mol. The first-order valence-corrected chi connectivity index (χ1v) is 14.8. The average Bonchev–Trinajstić information content (AvgIpc) is 3.55. The van der Waals surface area contributed by atoms with E-state index < -0.39 is 0 Å². The zero-order valence-corrected chi connectivity index (χ0v) is 23.9. The molecular formula is C27H35N6O3S2+. The molecule has 11 heteroatoms. The van der Waals surface area contributed by atoms with Gasteiger partial charge < -0.3 is 24.6 Å². The van der Waals surface area contributed by atoms with Gasteiger partial charge in [-0.25, -0.2) is 9.56 Å². The lowest BCUT2D eigenvalue weighted by Gasteiger charge is -2.25. The fourth-order valence-corrected chi connectivity index (χ4v) is 6.83. The lowest BCUT2D eigenvalue weighted by Crippen LogP contribution is -2.36. The van der Waals surface area contributed by atoms with E-state index in [9.17, 15) is 4.79 Å². The van der Waals surface area contributed by atoms with Crippen LogP contribution in [-0.4, -0.2) is 92.0 Å². The fourth-order valence-electron chi connectivity index (χ4n) is 4.60. The Labute approximate surface area is 232 Å². The number of ether oxygens (including phenoxy) is 2. The van der Waals surface area contributed by atoms with Crippen LogP contribution in [0.4, 0.5) is 16.6 Å². The van der Waals surface area contributed by atoms with Gasteiger partial charge in [0.05, 0.1) is 31.3 Å². The van der Waals surface area contributed by atoms with Crippen LogP contribution in [0.5, 0.6) is 0 Å². The van der Waals surface area contributed by atoms with Crippen LogP contribution in [0.3, 0.4) is 0 Å². The normalized spacial score (nSPS) is 19.2. The molecule has 1 amide bonds. The molecule has 3 aliphatic rings. The molecule has 1 aromatic carbocycles. The summed E-state index contributed by atoms with van der Waals surface area (Å²) in [5.41, 5.74) is 3.18. The maximum atomic E-state index is 12.1. The molecule has 9 nitrogen and oxygen atoms in total. The summed E-state index contributed by atoms with van der Waals surface area (Å²) >= 11 is 3.25. The molecule has 4 heterocycles. The first-order valence-electron chi connectivity index (χ1n) is 13.2. The summed E-state index contributed by atoms with van der Waals surface area (Å²) < 4.78 is 13.4. The predicted octanol–water partition coefficient (Wildman–Crippen LogP) is 3.76. The highest BCUT2D eigenvalue weighted by Crippen LogP contribution is 2.39. The molecule has 0 unspecified atom stereocenters. The molecule has 3 aliphatic heterocycles. The SMILES string of the molecule is CCN(CC)c1ccc(/C=C2\SC(=[N+]3CCOCC3)N=C2c2sc(N3CCOCC3)nc2NC(C)=O)cc1. The van der Waals surface area contributed by atoms with Gasteiger partial charge in [-0.1, -0.05) is 23.5 Å². The summed E-state index contributed by atoms with van der Waals surface area (Å²) in [7, 11) is 0. The van der Waals surface area contributed by atoms with Gasteiger partial charge in [-0.15, -0.1) is 0 Å². The second-order valence-corrected chi connectivity index (χ2v) is 11.2. The smallest absolute Gasteiger partial charge is 0.360 e. The van der Waals surface area contributed by atoms with Crippen LogP contribution in [0.1, 0.15) is 31.2 Å². The van der Waals surface area contributed by atoms with Crippen LogP contribution in [0.2, 0.25) is 0 Å². The summed E-state index contributed by atoms with van der Waals surface area (Å²) in [6, 6.07) is 8.67. The van der Waals surface area contributed by atoms with E-state index in [1.54, 1.807) is 23.1 Å². The van der Waals surface area contributed by atoms with Gasteiger partial charge in [-0.2, -0.15) is 0 Å². The van der Waals surface area contributed by atoms with Crippen molar-refractivity contribution in [3.63, 3.8) is 0 Å². The molecule has 0 spiro atoms. The van der Waals surface area contributed by atoms with Crippen molar-refractivity contribution in [2.75, 3.05) is 80.8 Å². The monoisotopic (exact) mass is 555 g/mol. The molecule has 202 valence electrons. The molecule has 38 heavy (non-hydrogen) atoms. The van der Waals surface area contributed by atoms with Crippen molar-refractivity contribution in [1.82, 2.24) is 4.98 Å². The minimum atomic E-state index is -0.147. The minimum Gasteiger partial charge on any atom is -0.378 e. The zero-order chi connectivity index (χ0) is 26.5. The number of nitrogens with zero attached hydrogens (tertiary/aromatic N) is 5. The van der Waals surface area contributed by atoms with Crippen LogP contribution < -0.4 is 15.1 Å². The average molecular weight is 556 g/mol. The van der Waals surface area contributed by atoms with Crippen LogP contribution in [0.15, 0.2) is 34.2 Å². The molecule has 2 saturated heterocycles. The molecule has 1 aromatic heterocycles. The number of hydrogen-bond acceptors (Lipinski definition) is 8. The molecule has 2 aromatic rings. The number of nitrogens with one attached hydrogen (secondary N) is 1. The number of morpholine rings is 2. The minimum absolute atomic E-state index is 0.147. The lowest BCUT2D eigenvalue weighted by atomic mass is 10.1. The Balaban J connectivity index is 1.55. The van der Waals surface area contributed by atoms with Crippen molar-refractivity contribution in [1.29, 1.82) is 0 Å². The fraction of sp³-hybridized carbons (Fsp3) is 0.481. The van der Waals surface area contributed by atoms with Gasteiger partial charge in [0.25, 0.3) is 0 Å². The Morgan fingerprint density at radius 2 is 1.79 bits per heavy atom. The van der Waals surface area contributed by atoms with E-state index in [0.717, 1.165) is 70.6 Å². The Bertz CT molecular complexity index is 1240. The number of rotatable bonds is 7. The van der Waals surface area contributed by atoms with Crippen molar-refractivity contribution in [2.45, 2.75) is 20.8 Å². The Morgan fingerprint density at radius 1 is 1.11 bits per heavy atom. The molecule has 2 fully saturated rings. The van der Waals surface area contributed by atoms with E-state index in [1.807, 2.05) is 0 Å². The second kappa shape index (κ2) is 12.4. The molecule has 0 bridgehead atoms. The van der Waals surface area contributed by atoms with Crippen molar-refractivity contribution >= 4 is 62.6 Å². The van der Waals surface area contributed by atoms with Crippen molar-refractivity contribution in [3.05, 3.63) is 39.6 Å². The second-order valence-electron chi connectivity index (χ2n) is 9.17. The highest BCUT2D eigenvalue weighted by atomic mass is 32.2. The summed E-state index contributed by atoms with van der Waals surface area (Å²) in [4.78, 5) is 28.6. The molecule has 0 radical (unpaired) electrons. The number of carbonyl (C=O) groups excluding carboxylic acids is 1. The maximum Gasteiger partial charge on any atom is 0.360 e. The van der Waals surface area contributed by atoms with Gasteiger partial charge in [0, 0.05) is 50.6 Å². The molecule has 5 rings (SSSR count). The number of anilines is 3. The molecule has 0 aliphatic carbocycles. The first kappa shape index (κ1) is 26.9. The van der Waals surface area contributed by atoms with Gasteiger partial charge in [0.1, 0.15) is 18.0 Å². The Kier molecular flexibility index (Phi) is 8.78. The van der Waals surface area contributed by atoms with Gasteiger partial charge in [-0.05, 0) is 42.6 Å². The van der Waals surface area contributed by atoms with Gasteiger partial charge in [0.2, 0.25) is 11.6 Å². The van der Waals surface area contributed by atoms with Crippen LogP contribution in [-0.2, 0) is 14.3 Å².